The Bertz CT molecular complexity index is 615. The molecule has 3 nitrogen and oxygen atoms in total. The van der Waals surface area contributed by atoms with E-state index in [0.29, 0.717) is 6.04 Å². The average Bonchev–Trinajstić information content (AvgIpc) is 2.55. The number of hydrogen-bond acceptors (Lipinski definition) is 3. The number of aromatic nitrogens is 1. The van der Waals surface area contributed by atoms with Gasteiger partial charge in [-0.3, -0.25) is 4.98 Å². The summed E-state index contributed by atoms with van der Waals surface area (Å²) in [6.07, 6.45) is 8.39. The zero-order valence-electron chi connectivity index (χ0n) is 13.0. The molecule has 0 aliphatic heterocycles. The Morgan fingerprint density at radius 2 is 1.95 bits per heavy atom. The second-order valence-electron chi connectivity index (χ2n) is 6.26. The van der Waals surface area contributed by atoms with Crippen molar-refractivity contribution in [1.82, 2.24) is 4.98 Å². The zero-order valence-corrected chi connectivity index (χ0v) is 13.0. The number of anilines is 2. The van der Waals surface area contributed by atoms with Crippen molar-refractivity contribution in [2.75, 3.05) is 17.7 Å². The quantitative estimate of drug-likeness (QED) is 0.857. The number of hydrogen-bond donors (Lipinski definition) is 1. The fraction of sp³-hybridized carbons (Fsp3) is 0.500. The first-order valence-electron chi connectivity index (χ1n) is 8.06. The van der Waals surface area contributed by atoms with Gasteiger partial charge in [0, 0.05) is 24.7 Å². The summed E-state index contributed by atoms with van der Waals surface area (Å²) in [5.41, 5.74) is 9.38. The summed E-state index contributed by atoms with van der Waals surface area (Å²) in [7, 11) is 2.19. The van der Waals surface area contributed by atoms with E-state index >= 15 is 0 Å². The van der Waals surface area contributed by atoms with E-state index in [9.17, 15) is 0 Å². The van der Waals surface area contributed by atoms with Crippen LogP contribution in [0.4, 0.5) is 11.4 Å². The minimum Gasteiger partial charge on any atom is -0.396 e. The molecule has 1 saturated carbocycles. The maximum absolute atomic E-state index is 6.40. The summed E-state index contributed by atoms with van der Waals surface area (Å²) in [4.78, 5) is 6.76. The lowest BCUT2D eigenvalue weighted by atomic mass is 9.84. The van der Waals surface area contributed by atoms with Gasteiger partial charge in [0.05, 0.1) is 16.9 Å². The molecule has 0 amide bonds. The lowest BCUT2D eigenvalue weighted by Crippen LogP contribution is -2.35. The highest BCUT2D eigenvalue weighted by atomic mass is 15.1. The SMILES string of the molecule is CCC1CCC(N(C)c2ccc3ncccc3c2N)CC1. The van der Waals surface area contributed by atoms with Crippen molar-refractivity contribution < 1.29 is 0 Å². The van der Waals surface area contributed by atoms with Crippen LogP contribution in [0.3, 0.4) is 0 Å². The second kappa shape index (κ2) is 5.92. The number of nitrogen functional groups attached to an aromatic ring is 1. The Morgan fingerprint density at radius 3 is 2.67 bits per heavy atom. The van der Waals surface area contributed by atoms with Gasteiger partial charge in [0.2, 0.25) is 0 Å². The normalized spacial score (nSPS) is 22.4. The van der Waals surface area contributed by atoms with Gasteiger partial charge in [-0.05, 0) is 55.9 Å². The summed E-state index contributed by atoms with van der Waals surface area (Å²) < 4.78 is 0. The van der Waals surface area contributed by atoms with Crippen molar-refractivity contribution in [2.45, 2.75) is 45.1 Å². The number of benzene rings is 1. The largest absolute Gasteiger partial charge is 0.396 e. The van der Waals surface area contributed by atoms with E-state index in [1.165, 1.54) is 32.1 Å². The molecule has 2 N–H and O–H groups in total. The van der Waals surface area contributed by atoms with Gasteiger partial charge in [-0.2, -0.15) is 0 Å². The fourth-order valence-electron chi connectivity index (χ4n) is 3.61. The van der Waals surface area contributed by atoms with Crippen molar-refractivity contribution >= 4 is 22.3 Å². The van der Waals surface area contributed by atoms with E-state index in [1.807, 2.05) is 12.3 Å². The molecule has 21 heavy (non-hydrogen) atoms. The third kappa shape index (κ3) is 2.69. The first kappa shape index (κ1) is 14.2. The van der Waals surface area contributed by atoms with Crippen LogP contribution >= 0.6 is 0 Å². The van der Waals surface area contributed by atoms with E-state index in [4.69, 9.17) is 5.73 Å². The van der Waals surface area contributed by atoms with Gasteiger partial charge in [0.25, 0.3) is 0 Å². The van der Waals surface area contributed by atoms with Crippen molar-refractivity contribution in [2.24, 2.45) is 5.92 Å². The van der Waals surface area contributed by atoms with Crippen LogP contribution in [0.1, 0.15) is 39.0 Å². The topological polar surface area (TPSA) is 42.2 Å². The summed E-state index contributed by atoms with van der Waals surface area (Å²) >= 11 is 0. The molecule has 1 aromatic heterocycles. The fourth-order valence-corrected chi connectivity index (χ4v) is 3.61. The van der Waals surface area contributed by atoms with Crippen LogP contribution in [0.15, 0.2) is 30.5 Å². The summed E-state index contributed by atoms with van der Waals surface area (Å²) in [5, 5.41) is 1.06. The Hall–Kier alpha value is -1.77. The highest BCUT2D eigenvalue weighted by Crippen LogP contribution is 2.35. The Labute approximate surface area is 127 Å². The zero-order chi connectivity index (χ0) is 14.8. The third-order valence-electron chi connectivity index (χ3n) is 5.13. The number of nitrogens with two attached hydrogens (primary N) is 1. The minimum atomic E-state index is 0.615. The van der Waals surface area contributed by atoms with E-state index < -0.39 is 0 Å². The van der Waals surface area contributed by atoms with Crippen LogP contribution in [0, 0.1) is 5.92 Å². The molecule has 1 heterocycles. The molecule has 3 rings (SSSR count). The molecule has 0 unspecified atom stereocenters. The molecular weight excluding hydrogens is 258 g/mol. The molecular formula is C18H25N3. The van der Waals surface area contributed by atoms with Crippen LogP contribution < -0.4 is 10.6 Å². The summed E-state index contributed by atoms with van der Waals surface area (Å²) in [6, 6.07) is 8.83. The van der Waals surface area contributed by atoms with Gasteiger partial charge < -0.3 is 10.6 Å². The smallest absolute Gasteiger partial charge is 0.0724 e. The Kier molecular flexibility index (Phi) is 4.00. The molecule has 0 saturated heterocycles. The van der Waals surface area contributed by atoms with Gasteiger partial charge in [-0.15, -0.1) is 0 Å². The molecule has 0 bridgehead atoms. The van der Waals surface area contributed by atoms with Crippen LogP contribution in [0.5, 0.6) is 0 Å². The molecule has 0 atom stereocenters. The van der Waals surface area contributed by atoms with Gasteiger partial charge in [-0.1, -0.05) is 13.3 Å². The van der Waals surface area contributed by atoms with Crippen molar-refractivity contribution in [3.8, 4) is 0 Å². The summed E-state index contributed by atoms with van der Waals surface area (Å²) in [5.74, 6) is 0.924. The monoisotopic (exact) mass is 283 g/mol. The van der Waals surface area contributed by atoms with Crippen LogP contribution in [-0.4, -0.2) is 18.1 Å². The second-order valence-corrected chi connectivity index (χ2v) is 6.26. The maximum atomic E-state index is 6.40. The number of nitrogens with zero attached hydrogens (tertiary/aromatic N) is 2. The molecule has 3 heteroatoms. The molecule has 2 aromatic rings. The Morgan fingerprint density at radius 1 is 1.19 bits per heavy atom. The van der Waals surface area contributed by atoms with E-state index in [2.05, 4.69) is 42.1 Å². The highest BCUT2D eigenvalue weighted by molar-refractivity contribution is 5.97. The molecule has 1 fully saturated rings. The molecule has 1 aliphatic carbocycles. The molecule has 1 aliphatic rings. The van der Waals surface area contributed by atoms with E-state index in [1.54, 1.807) is 0 Å². The van der Waals surface area contributed by atoms with Gasteiger partial charge in [0.1, 0.15) is 0 Å². The standard InChI is InChI=1S/C18H25N3/c1-3-13-6-8-14(9-7-13)21(2)17-11-10-16-15(18(17)19)5-4-12-20-16/h4-5,10-14H,3,6-9,19H2,1-2H3. The first-order chi connectivity index (χ1) is 10.2. The lowest BCUT2D eigenvalue weighted by Gasteiger charge is -2.36. The third-order valence-corrected chi connectivity index (χ3v) is 5.13. The number of rotatable bonds is 3. The summed E-state index contributed by atoms with van der Waals surface area (Å²) in [6.45, 7) is 2.31. The van der Waals surface area contributed by atoms with Crippen LogP contribution in [0.2, 0.25) is 0 Å². The minimum absolute atomic E-state index is 0.615. The van der Waals surface area contributed by atoms with Crippen LogP contribution in [-0.2, 0) is 0 Å². The van der Waals surface area contributed by atoms with Gasteiger partial charge in [0.15, 0.2) is 0 Å². The van der Waals surface area contributed by atoms with Crippen molar-refractivity contribution in [3.05, 3.63) is 30.5 Å². The number of fused-ring (bicyclic) bond motifs is 1. The Balaban J connectivity index is 1.85. The predicted octanol–water partition coefficient (Wildman–Crippen LogP) is 4.22. The lowest BCUT2D eigenvalue weighted by molar-refractivity contribution is 0.313. The van der Waals surface area contributed by atoms with E-state index in [-0.39, 0.29) is 0 Å². The maximum Gasteiger partial charge on any atom is 0.0724 e. The molecule has 0 spiro atoms. The van der Waals surface area contributed by atoms with E-state index in [0.717, 1.165) is 28.2 Å². The molecule has 1 aromatic carbocycles. The highest BCUT2D eigenvalue weighted by Gasteiger charge is 2.24. The first-order valence-corrected chi connectivity index (χ1v) is 8.06. The van der Waals surface area contributed by atoms with Crippen LogP contribution in [0.25, 0.3) is 10.9 Å². The molecule has 0 radical (unpaired) electrons. The van der Waals surface area contributed by atoms with Gasteiger partial charge in [-0.25, -0.2) is 0 Å². The number of pyridine rings is 1. The average molecular weight is 283 g/mol. The molecule has 112 valence electrons. The predicted molar refractivity (Wildman–Crippen MR) is 90.6 cm³/mol. The van der Waals surface area contributed by atoms with Crippen molar-refractivity contribution in [1.29, 1.82) is 0 Å². The van der Waals surface area contributed by atoms with Crippen molar-refractivity contribution in [3.63, 3.8) is 0 Å². The van der Waals surface area contributed by atoms with Gasteiger partial charge >= 0.3 is 0 Å².